The summed E-state index contributed by atoms with van der Waals surface area (Å²) in [6, 6.07) is 3.27. The molecule has 1 aromatic rings. The second-order valence-corrected chi connectivity index (χ2v) is 11.1. The highest BCUT2D eigenvalue weighted by molar-refractivity contribution is 5.76. The summed E-state index contributed by atoms with van der Waals surface area (Å²) in [5.74, 6) is -1.27. The van der Waals surface area contributed by atoms with Gasteiger partial charge < -0.3 is 34.2 Å². The van der Waals surface area contributed by atoms with Crippen molar-refractivity contribution in [3.63, 3.8) is 0 Å². The topological polar surface area (TPSA) is 150 Å². The van der Waals surface area contributed by atoms with Gasteiger partial charge in [0.05, 0.1) is 0 Å². The maximum absolute atomic E-state index is 12.4. The Morgan fingerprint density at radius 2 is 1.44 bits per heavy atom. The summed E-state index contributed by atoms with van der Waals surface area (Å²) in [6.07, 6.45) is 0.370. The van der Waals surface area contributed by atoms with Gasteiger partial charge in [-0.2, -0.15) is 0 Å². The van der Waals surface area contributed by atoms with Crippen molar-refractivity contribution < 1.29 is 47.6 Å². The van der Waals surface area contributed by atoms with Crippen LogP contribution in [0.25, 0.3) is 0 Å². The summed E-state index contributed by atoms with van der Waals surface area (Å²) in [5, 5.41) is 0. The molecular formula is C28H43NO10. The molecule has 11 nitrogen and oxygen atoms in total. The van der Waals surface area contributed by atoms with Gasteiger partial charge in [-0.1, -0.05) is 25.8 Å². The number of esters is 2. The van der Waals surface area contributed by atoms with Crippen molar-refractivity contribution in [2.24, 2.45) is 5.73 Å². The van der Waals surface area contributed by atoms with E-state index in [0.717, 1.165) is 19.3 Å². The molecule has 0 spiro atoms. The third kappa shape index (κ3) is 15.0. The minimum absolute atomic E-state index is 0.0153. The fraction of sp³-hybridized carbons (Fsp3) is 0.643. The van der Waals surface area contributed by atoms with Crippen LogP contribution in [-0.4, -0.2) is 54.2 Å². The molecule has 0 aliphatic heterocycles. The first-order chi connectivity index (χ1) is 18.0. The summed E-state index contributed by atoms with van der Waals surface area (Å²) in [6.45, 7) is 13.6. The van der Waals surface area contributed by atoms with Crippen LogP contribution in [0.4, 0.5) is 9.59 Å². The number of nitrogens with two attached hydrogens (primary N) is 1. The zero-order valence-corrected chi connectivity index (χ0v) is 24.3. The Kier molecular flexibility index (Phi) is 13.2. The van der Waals surface area contributed by atoms with Gasteiger partial charge in [0.2, 0.25) is 0 Å². The first-order valence-corrected chi connectivity index (χ1v) is 13.1. The largest absolute Gasteiger partial charge is 0.514 e. The molecular weight excluding hydrogens is 510 g/mol. The minimum Gasteiger partial charge on any atom is -0.461 e. The number of hydrogen-bond donors (Lipinski definition) is 1. The molecule has 39 heavy (non-hydrogen) atoms. The molecule has 0 saturated heterocycles. The van der Waals surface area contributed by atoms with Crippen LogP contribution in [0, 0.1) is 0 Å². The lowest BCUT2D eigenvalue weighted by atomic mass is 10.1. The van der Waals surface area contributed by atoms with E-state index in [9.17, 15) is 19.2 Å². The fourth-order valence-corrected chi connectivity index (χ4v) is 3.05. The van der Waals surface area contributed by atoms with Crippen molar-refractivity contribution in [1.29, 1.82) is 0 Å². The summed E-state index contributed by atoms with van der Waals surface area (Å²) in [4.78, 5) is 48.7. The highest BCUT2D eigenvalue weighted by Gasteiger charge is 2.24. The molecule has 0 amide bonds. The summed E-state index contributed by atoms with van der Waals surface area (Å²) >= 11 is 0. The van der Waals surface area contributed by atoms with E-state index in [1.807, 2.05) is 6.92 Å². The Hall–Kier alpha value is -3.34. The van der Waals surface area contributed by atoms with Crippen LogP contribution < -0.4 is 15.2 Å². The van der Waals surface area contributed by atoms with Gasteiger partial charge in [-0.05, 0) is 79.0 Å². The zero-order valence-electron chi connectivity index (χ0n) is 24.3. The zero-order chi connectivity index (χ0) is 29.8. The lowest BCUT2D eigenvalue weighted by Gasteiger charge is -2.21. The van der Waals surface area contributed by atoms with E-state index < -0.39 is 41.6 Å². The van der Waals surface area contributed by atoms with Gasteiger partial charge in [-0.25, -0.2) is 9.59 Å². The number of carbonyl (C=O) groups excluding carboxylic acids is 4. The molecule has 1 aromatic carbocycles. The molecule has 0 aliphatic rings. The molecule has 0 fully saturated rings. The summed E-state index contributed by atoms with van der Waals surface area (Å²) < 4.78 is 31.3. The molecule has 220 valence electrons. The van der Waals surface area contributed by atoms with Crippen LogP contribution in [0.1, 0.15) is 86.6 Å². The second kappa shape index (κ2) is 15.3. The van der Waals surface area contributed by atoms with Gasteiger partial charge in [-0.15, -0.1) is 0 Å². The van der Waals surface area contributed by atoms with E-state index in [1.165, 1.54) is 12.1 Å². The molecule has 0 unspecified atom stereocenters. The van der Waals surface area contributed by atoms with E-state index in [4.69, 9.17) is 34.2 Å². The van der Waals surface area contributed by atoms with E-state index in [0.29, 0.717) is 12.0 Å². The Bertz CT molecular complexity index is 978. The number of rotatable bonds is 12. The molecule has 1 rings (SSSR count). The van der Waals surface area contributed by atoms with Crippen molar-refractivity contribution >= 4 is 24.2 Å². The van der Waals surface area contributed by atoms with Gasteiger partial charge in [-0.3, -0.25) is 9.59 Å². The maximum atomic E-state index is 12.4. The number of unbranched alkanes of at least 4 members (excludes halogenated alkanes) is 2. The average molecular weight is 554 g/mol. The third-order valence-corrected chi connectivity index (χ3v) is 4.71. The molecule has 0 heterocycles. The Morgan fingerprint density at radius 1 is 0.872 bits per heavy atom. The third-order valence-electron chi connectivity index (χ3n) is 4.71. The number of benzene rings is 1. The normalized spacial score (nSPS) is 13.1. The SMILES string of the molecule is CCCCCC(=O)O[C@@H](C)COC(=O)[C@@H](N)Cc1ccc(OC(=O)OC(C)(C)C)c(OC(=O)OC(C)(C)C)c1. The van der Waals surface area contributed by atoms with Gasteiger partial charge in [0.15, 0.2) is 11.5 Å². The van der Waals surface area contributed by atoms with Gasteiger partial charge >= 0.3 is 24.2 Å². The average Bonchev–Trinajstić information content (AvgIpc) is 2.76. The number of carbonyl (C=O) groups is 4. The van der Waals surface area contributed by atoms with Crippen molar-refractivity contribution in [2.75, 3.05) is 6.61 Å². The van der Waals surface area contributed by atoms with Crippen LogP contribution in [0.3, 0.4) is 0 Å². The lowest BCUT2D eigenvalue weighted by molar-refractivity contribution is -0.158. The monoisotopic (exact) mass is 553 g/mol. The van der Waals surface area contributed by atoms with E-state index in [1.54, 1.807) is 54.5 Å². The predicted molar refractivity (Wildman–Crippen MR) is 143 cm³/mol. The maximum Gasteiger partial charge on any atom is 0.514 e. The second-order valence-electron chi connectivity index (χ2n) is 11.1. The van der Waals surface area contributed by atoms with Crippen molar-refractivity contribution in [2.45, 2.75) is 111 Å². The van der Waals surface area contributed by atoms with Gasteiger partial charge in [0.1, 0.15) is 30.0 Å². The highest BCUT2D eigenvalue weighted by atomic mass is 16.8. The predicted octanol–water partition coefficient (Wildman–Crippen LogP) is 5.24. The summed E-state index contributed by atoms with van der Waals surface area (Å²) in [7, 11) is 0. The Balaban J connectivity index is 2.86. The van der Waals surface area contributed by atoms with E-state index in [2.05, 4.69) is 0 Å². The van der Waals surface area contributed by atoms with E-state index in [-0.39, 0.29) is 30.5 Å². The Morgan fingerprint density at radius 3 is 1.97 bits per heavy atom. The summed E-state index contributed by atoms with van der Waals surface area (Å²) in [5.41, 5.74) is 4.88. The molecule has 0 saturated carbocycles. The van der Waals surface area contributed by atoms with Crippen molar-refractivity contribution in [3.8, 4) is 11.5 Å². The standard InChI is InChI=1S/C28H43NO10/c1-9-10-11-12-23(30)35-18(2)17-34-24(31)20(29)15-19-13-14-21(36-25(32)38-27(3,4)5)22(16-19)37-26(33)39-28(6,7)8/h13-14,16,18,20H,9-12,15,17,29H2,1-8H3/t18-,20-/m0/s1. The van der Waals surface area contributed by atoms with Crippen LogP contribution in [-0.2, 0) is 35.0 Å². The number of ether oxygens (including phenoxy) is 6. The van der Waals surface area contributed by atoms with Crippen LogP contribution in [0.2, 0.25) is 0 Å². The van der Waals surface area contributed by atoms with Gasteiger partial charge in [0, 0.05) is 6.42 Å². The molecule has 2 N–H and O–H groups in total. The highest BCUT2D eigenvalue weighted by Crippen LogP contribution is 2.31. The van der Waals surface area contributed by atoms with Gasteiger partial charge in [0.25, 0.3) is 0 Å². The number of hydrogen-bond acceptors (Lipinski definition) is 11. The molecule has 0 aliphatic carbocycles. The first-order valence-electron chi connectivity index (χ1n) is 13.1. The lowest BCUT2D eigenvalue weighted by Crippen LogP contribution is -2.36. The fourth-order valence-electron chi connectivity index (χ4n) is 3.05. The quantitative estimate of drug-likeness (QED) is 0.157. The minimum atomic E-state index is -1.07. The van der Waals surface area contributed by atoms with Crippen molar-refractivity contribution in [3.05, 3.63) is 23.8 Å². The smallest absolute Gasteiger partial charge is 0.461 e. The van der Waals surface area contributed by atoms with Crippen LogP contribution >= 0.6 is 0 Å². The molecule has 0 aromatic heterocycles. The molecule has 0 bridgehead atoms. The van der Waals surface area contributed by atoms with Crippen LogP contribution in [0.15, 0.2) is 18.2 Å². The molecule has 2 atom stereocenters. The molecule has 11 heteroatoms. The molecule has 0 radical (unpaired) electrons. The van der Waals surface area contributed by atoms with Crippen LogP contribution in [0.5, 0.6) is 11.5 Å². The Labute approximate surface area is 230 Å². The van der Waals surface area contributed by atoms with E-state index >= 15 is 0 Å². The first kappa shape index (κ1) is 33.7. The van der Waals surface area contributed by atoms with Crippen molar-refractivity contribution in [1.82, 2.24) is 0 Å².